The molecule has 0 radical (unpaired) electrons. The normalized spacial score (nSPS) is 15.0. The van der Waals surface area contributed by atoms with E-state index in [9.17, 15) is 14.4 Å². The van der Waals surface area contributed by atoms with Crippen LogP contribution in [0.3, 0.4) is 0 Å². The van der Waals surface area contributed by atoms with Crippen LogP contribution in [0.25, 0.3) is 11.0 Å². The number of fused-ring (bicyclic) bond motifs is 1. The zero-order valence-electron chi connectivity index (χ0n) is 15.3. The van der Waals surface area contributed by atoms with Crippen molar-refractivity contribution in [1.29, 1.82) is 0 Å². The van der Waals surface area contributed by atoms with Crippen LogP contribution in [0.5, 0.6) is 0 Å². The number of imidazole rings is 1. The first kappa shape index (κ1) is 17.7. The highest BCUT2D eigenvalue weighted by Crippen LogP contribution is 2.25. The van der Waals surface area contributed by atoms with Crippen LogP contribution in [0.1, 0.15) is 17.4 Å². The lowest BCUT2D eigenvalue weighted by Gasteiger charge is -2.21. The van der Waals surface area contributed by atoms with Crippen LogP contribution in [-0.4, -0.2) is 45.4 Å². The average Bonchev–Trinajstić information content (AvgIpc) is 3.19. The predicted molar refractivity (Wildman–Crippen MR) is 102 cm³/mol. The fraction of sp³-hybridized carbons (Fsp3) is 0.200. The third-order valence-electron chi connectivity index (χ3n) is 4.72. The first-order valence-electron chi connectivity index (χ1n) is 8.87. The molecule has 8 heteroatoms. The number of rotatable bonds is 5. The number of imide groups is 1. The number of hydrogen-bond acceptors (Lipinski definition) is 4. The zero-order chi connectivity index (χ0) is 19.7. The number of aryl methyl sites for hydroxylation is 1. The van der Waals surface area contributed by atoms with Gasteiger partial charge >= 0.3 is 6.03 Å². The van der Waals surface area contributed by atoms with Gasteiger partial charge < -0.3 is 14.8 Å². The van der Waals surface area contributed by atoms with Crippen molar-refractivity contribution in [3.63, 3.8) is 0 Å². The molecule has 4 rings (SSSR count). The van der Waals surface area contributed by atoms with E-state index in [4.69, 9.17) is 4.98 Å². The molecule has 1 aliphatic rings. The van der Waals surface area contributed by atoms with Gasteiger partial charge in [-0.2, -0.15) is 0 Å². The summed E-state index contributed by atoms with van der Waals surface area (Å²) in [6.07, 6.45) is 0. The molecular weight excluding hydrogens is 358 g/mol. The highest BCUT2D eigenvalue weighted by Gasteiger charge is 2.30. The van der Waals surface area contributed by atoms with Crippen LogP contribution in [0.4, 0.5) is 4.79 Å². The van der Waals surface area contributed by atoms with Crippen molar-refractivity contribution in [1.82, 2.24) is 25.1 Å². The van der Waals surface area contributed by atoms with Crippen molar-refractivity contribution in [2.24, 2.45) is 7.05 Å². The van der Waals surface area contributed by atoms with Gasteiger partial charge in [-0.25, -0.2) is 9.78 Å². The van der Waals surface area contributed by atoms with Gasteiger partial charge in [-0.15, -0.1) is 0 Å². The molecule has 2 N–H and O–H groups in total. The highest BCUT2D eigenvalue weighted by molar-refractivity contribution is 6.03. The summed E-state index contributed by atoms with van der Waals surface area (Å²) >= 11 is 0. The Hall–Kier alpha value is -3.68. The summed E-state index contributed by atoms with van der Waals surface area (Å²) < 4.78 is 1.94. The number of nitrogens with zero attached hydrogens (tertiary/aromatic N) is 3. The smallest absolute Gasteiger partial charge is 0.325 e. The minimum absolute atomic E-state index is 0.117. The van der Waals surface area contributed by atoms with Crippen molar-refractivity contribution < 1.29 is 14.4 Å². The third-order valence-corrected chi connectivity index (χ3v) is 4.72. The molecule has 0 spiro atoms. The molecule has 1 aromatic heterocycles. The summed E-state index contributed by atoms with van der Waals surface area (Å²) in [5, 5.41) is 5.13. The molecule has 0 bridgehead atoms. The second-order valence-corrected chi connectivity index (χ2v) is 6.64. The molecule has 1 aliphatic heterocycles. The van der Waals surface area contributed by atoms with Gasteiger partial charge in [0, 0.05) is 7.05 Å². The van der Waals surface area contributed by atoms with E-state index >= 15 is 0 Å². The van der Waals surface area contributed by atoms with E-state index in [-0.39, 0.29) is 19.0 Å². The van der Waals surface area contributed by atoms with Crippen LogP contribution >= 0.6 is 0 Å². The number of nitrogens with one attached hydrogen (secondary N) is 2. The van der Waals surface area contributed by atoms with Crippen molar-refractivity contribution in [3.05, 3.63) is 66.0 Å². The second kappa shape index (κ2) is 7.15. The Balaban J connectivity index is 1.64. The van der Waals surface area contributed by atoms with Crippen LogP contribution in [-0.2, 0) is 16.6 Å². The van der Waals surface area contributed by atoms with Crippen molar-refractivity contribution in [3.8, 4) is 0 Å². The predicted octanol–water partition coefficient (Wildman–Crippen LogP) is 1.33. The maximum Gasteiger partial charge on any atom is 0.325 e. The molecule has 2 aromatic carbocycles. The van der Waals surface area contributed by atoms with Gasteiger partial charge in [0.1, 0.15) is 25.0 Å². The molecule has 1 saturated heterocycles. The molecule has 28 heavy (non-hydrogen) atoms. The van der Waals surface area contributed by atoms with Gasteiger partial charge in [0.15, 0.2) is 0 Å². The van der Waals surface area contributed by atoms with E-state index in [1.165, 1.54) is 4.90 Å². The summed E-state index contributed by atoms with van der Waals surface area (Å²) in [5.74, 6) is -0.0961. The number of para-hydroxylation sites is 2. The maximum absolute atomic E-state index is 12.7. The standard InChI is InChI=1S/C20H19N5O3/c1-24-15-10-6-5-9-14(15)21-19(24)18(13-7-3-2-4-8-13)22-16(26)11-25-12-17(27)23-20(25)28/h2-10,18H,11-12H2,1H3,(H,22,26)(H,23,27,28). The molecule has 142 valence electrons. The number of amides is 4. The van der Waals surface area contributed by atoms with Gasteiger partial charge in [-0.1, -0.05) is 42.5 Å². The quantitative estimate of drug-likeness (QED) is 0.656. The van der Waals surface area contributed by atoms with Gasteiger partial charge in [0.2, 0.25) is 11.8 Å². The third kappa shape index (κ3) is 3.32. The van der Waals surface area contributed by atoms with Crippen LogP contribution in [0.2, 0.25) is 0 Å². The van der Waals surface area contributed by atoms with E-state index in [1.54, 1.807) is 0 Å². The summed E-state index contributed by atoms with van der Waals surface area (Å²) in [6, 6.07) is 16.2. The van der Waals surface area contributed by atoms with Gasteiger partial charge in [-0.05, 0) is 17.7 Å². The van der Waals surface area contributed by atoms with Crippen molar-refractivity contribution in [2.45, 2.75) is 6.04 Å². The van der Waals surface area contributed by atoms with E-state index < -0.39 is 18.0 Å². The van der Waals surface area contributed by atoms with Crippen LogP contribution < -0.4 is 10.6 Å². The van der Waals surface area contributed by atoms with E-state index in [0.29, 0.717) is 5.82 Å². The second-order valence-electron chi connectivity index (χ2n) is 6.64. The summed E-state index contributed by atoms with van der Waals surface area (Å²) in [7, 11) is 1.90. The van der Waals surface area contributed by atoms with Crippen molar-refractivity contribution in [2.75, 3.05) is 13.1 Å². The van der Waals surface area contributed by atoms with Gasteiger partial charge in [0.05, 0.1) is 11.0 Å². The Bertz CT molecular complexity index is 1060. The molecule has 8 nitrogen and oxygen atoms in total. The SMILES string of the molecule is Cn1c(C(NC(=O)CN2CC(=O)NC2=O)c2ccccc2)nc2ccccc21. The number of aromatic nitrogens is 2. The Labute approximate surface area is 161 Å². The first-order chi connectivity index (χ1) is 13.5. The number of urea groups is 1. The Morgan fingerprint density at radius 1 is 1.14 bits per heavy atom. The van der Waals surface area contributed by atoms with E-state index in [0.717, 1.165) is 16.6 Å². The van der Waals surface area contributed by atoms with Crippen molar-refractivity contribution >= 4 is 28.9 Å². The Morgan fingerprint density at radius 2 is 1.86 bits per heavy atom. The topological polar surface area (TPSA) is 96.3 Å². The highest BCUT2D eigenvalue weighted by atomic mass is 16.2. The Morgan fingerprint density at radius 3 is 2.54 bits per heavy atom. The van der Waals surface area contributed by atoms with Gasteiger partial charge in [-0.3, -0.25) is 14.9 Å². The molecular formula is C20H19N5O3. The Kier molecular flexibility index (Phi) is 4.52. The molecule has 0 aliphatic carbocycles. The lowest BCUT2D eigenvalue weighted by Crippen LogP contribution is -2.41. The summed E-state index contributed by atoms with van der Waals surface area (Å²) in [5.41, 5.74) is 2.66. The minimum Gasteiger partial charge on any atom is -0.341 e. The number of benzene rings is 2. The lowest BCUT2D eigenvalue weighted by atomic mass is 10.1. The molecule has 2 heterocycles. The van der Waals surface area contributed by atoms with E-state index in [2.05, 4.69) is 10.6 Å². The molecule has 1 unspecified atom stereocenters. The molecule has 0 saturated carbocycles. The summed E-state index contributed by atoms with van der Waals surface area (Å²) in [6.45, 7) is -0.320. The maximum atomic E-state index is 12.7. The first-order valence-corrected chi connectivity index (χ1v) is 8.87. The largest absolute Gasteiger partial charge is 0.341 e. The fourth-order valence-corrected chi connectivity index (χ4v) is 3.36. The minimum atomic E-state index is -0.556. The number of hydrogen-bond donors (Lipinski definition) is 2. The average molecular weight is 377 g/mol. The lowest BCUT2D eigenvalue weighted by molar-refractivity contribution is -0.122. The van der Waals surface area contributed by atoms with Crippen LogP contribution in [0.15, 0.2) is 54.6 Å². The van der Waals surface area contributed by atoms with Gasteiger partial charge in [0.25, 0.3) is 0 Å². The molecule has 1 atom stereocenters. The van der Waals surface area contributed by atoms with E-state index in [1.807, 2.05) is 66.2 Å². The molecule has 4 amide bonds. The summed E-state index contributed by atoms with van der Waals surface area (Å²) in [4.78, 5) is 41.6. The fourth-order valence-electron chi connectivity index (χ4n) is 3.36. The van der Waals surface area contributed by atoms with Crippen LogP contribution in [0, 0.1) is 0 Å². The molecule has 1 fully saturated rings. The zero-order valence-corrected chi connectivity index (χ0v) is 15.3. The molecule has 3 aromatic rings. The number of carbonyl (C=O) groups is 3. The number of carbonyl (C=O) groups excluding carboxylic acids is 3. The monoisotopic (exact) mass is 377 g/mol.